The number of thiazole rings is 1. The van der Waals surface area contributed by atoms with E-state index in [2.05, 4.69) is 24.1 Å². The summed E-state index contributed by atoms with van der Waals surface area (Å²) in [7, 11) is 0. The van der Waals surface area contributed by atoms with E-state index in [9.17, 15) is 0 Å². The van der Waals surface area contributed by atoms with Crippen LogP contribution in [-0.4, -0.2) is 17.6 Å². The maximum absolute atomic E-state index is 5.98. The van der Waals surface area contributed by atoms with E-state index in [1.807, 2.05) is 11.6 Å². The van der Waals surface area contributed by atoms with Crippen LogP contribution in [0.15, 0.2) is 11.6 Å². The highest BCUT2D eigenvalue weighted by molar-refractivity contribution is 7.09. The minimum atomic E-state index is 0.339. The summed E-state index contributed by atoms with van der Waals surface area (Å²) in [5.74, 6) is 0. The van der Waals surface area contributed by atoms with Crippen molar-refractivity contribution in [2.45, 2.75) is 51.6 Å². The van der Waals surface area contributed by atoms with Crippen molar-refractivity contribution in [1.29, 1.82) is 0 Å². The first-order valence-corrected chi connectivity index (χ1v) is 7.04. The number of aromatic nitrogens is 1. The van der Waals surface area contributed by atoms with E-state index in [0.717, 1.165) is 25.8 Å². The van der Waals surface area contributed by atoms with E-state index >= 15 is 0 Å². The third-order valence-corrected chi connectivity index (χ3v) is 3.61. The summed E-state index contributed by atoms with van der Waals surface area (Å²) in [6.07, 6.45) is 6.29. The van der Waals surface area contributed by atoms with Gasteiger partial charge in [0.25, 0.3) is 0 Å². The fourth-order valence-electron chi connectivity index (χ4n) is 1.77. The van der Waals surface area contributed by atoms with E-state index in [1.165, 1.54) is 11.4 Å². The standard InChI is InChI=1S/C12H23N3S/c1-3-5-10(13)6-7-14-11(4-2)12-15-8-9-16-12/h8-11,14H,3-7,13H2,1-2H3. The fraction of sp³-hybridized carbons (Fsp3) is 0.750. The SMILES string of the molecule is CCCC(N)CCNC(CC)c1nccs1. The largest absolute Gasteiger partial charge is 0.328 e. The average Bonchev–Trinajstić information content (AvgIpc) is 2.78. The zero-order chi connectivity index (χ0) is 11.8. The van der Waals surface area contributed by atoms with Crippen LogP contribution in [0.5, 0.6) is 0 Å². The van der Waals surface area contributed by atoms with Gasteiger partial charge in [0.15, 0.2) is 0 Å². The molecule has 2 unspecified atom stereocenters. The molecule has 1 aromatic rings. The zero-order valence-corrected chi connectivity index (χ0v) is 11.1. The van der Waals surface area contributed by atoms with Crippen molar-refractivity contribution in [2.75, 3.05) is 6.54 Å². The molecule has 92 valence electrons. The zero-order valence-electron chi connectivity index (χ0n) is 10.3. The van der Waals surface area contributed by atoms with E-state index in [1.54, 1.807) is 11.3 Å². The molecular formula is C12H23N3S. The molecule has 0 radical (unpaired) electrons. The van der Waals surface area contributed by atoms with Gasteiger partial charge in [-0.1, -0.05) is 20.3 Å². The topological polar surface area (TPSA) is 50.9 Å². The van der Waals surface area contributed by atoms with E-state index in [0.29, 0.717) is 12.1 Å². The van der Waals surface area contributed by atoms with Crippen molar-refractivity contribution < 1.29 is 0 Å². The van der Waals surface area contributed by atoms with Crippen molar-refractivity contribution in [3.8, 4) is 0 Å². The molecule has 1 aromatic heterocycles. The first-order chi connectivity index (χ1) is 7.77. The minimum absolute atomic E-state index is 0.339. The van der Waals surface area contributed by atoms with Crippen LogP contribution in [-0.2, 0) is 0 Å². The van der Waals surface area contributed by atoms with Gasteiger partial charge in [-0.15, -0.1) is 11.3 Å². The molecule has 0 aliphatic rings. The lowest BCUT2D eigenvalue weighted by Gasteiger charge is -2.16. The molecule has 0 saturated carbocycles. The van der Waals surface area contributed by atoms with Gasteiger partial charge in [0.1, 0.15) is 5.01 Å². The monoisotopic (exact) mass is 241 g/mol. The number of hydrogen-bond acceptors (Lipinski definition) is 4. The van der Waals surface area contributed by atoms with Gasteiger partial charge in [-0.25, -0.2) is 4.98 Å². The molecule has 0 aliphatic heterocycles. The Hall–Kier alpha value is -0.450. The second kappa shape index (κ2) is 7.76. The predicted molar refractivity (Wildman–Crippen MR) is 70.6 cm³/mol. The molecule has 3 N–H and O–H groups in total. The van der Waals surface area contributed by atoms with Crippen LogP contribution in [0.4, 0.5) is 0 Å². The van der Waals surface area contributed by atoms with Crippen molar-refractivity contribution in [3.05, 3.63) is 16.6 Å². The van der Waals surface area contributed by atoms with E-state index in [4.69, 9.17) is 5.73 Å². The smallest absolute Gasteiger partial charge is 0.109 e. The number of nitrogens with one attached hydrogen (secondary N) is 1. The second-order valence-electron chi connectivity index (χ2n) is 4.12. The lowest BCUT2D eigenvalue weighted by Crippen LogP contribution is -2.28. The average molecular weight is 241 g/mol. The number of hydrogen-bond donors (Lipinski definition) is 2. The Bertz CT molecular complexity index is 261. The van der Waals surface area contributed by atoms with Crippen LogP contribution in [0, 0.1) is 0 Å². The number of rotatable bonds is 8. The summed E-state index contributed by atoms with van der Waals surface area (Å²) >= 11 is 1.72. The third kappa shape index (κ3) is 4.60. The fourth-order valence-corrected chi connectivity index (χ4v) is 2.57. The molecule has 1 heterocycles. The summed E-state index contributed by atoms with van der Waals surface area (Å²) in [6, 6.07) is 0.736. The first-order valence-electron chi connectivity index (χ1n) is 6.16. The van der Waals surface area contributed by atoms with Gasteiger partial charge in [-0.3, -0.25) is 0 Å². The highest BCUT2D eigenvalue weighted by Gasteiger charge is 2.11. The molecular weight excluding hydrogens is 218 g/mol. The molecule has 2 atom stereocenters. The summed E-state index contributed by atoms with van der Waals surface area (Å²) in [5.41, 5.74) is 5.98. The van der Waals surface area contributed by atoms with Gasteiger partial charge >= 0.3 is 0 Å². The molecule has 0 bridgehead atoms. The van der Waals surface area contributed by atoms with Crippen LogP contribution >= 0.6 is 11.3 Å². The Morgan fingerprint density at radius 1 is 1.44 bits per heavy atom. The van der Waals surface area contributed by atoms with Crippen LogP contribution in [0.25, 0.3) is 0 Å². The summed E-state index contributed by atoms with van der Waals surface area (Å²) in [6.45, 7) is 5.35. The Balaban J connectivity index is 2.25. The Labute approximate surface area is 102 Å². The molecule has 3 nitrogen and oxygen atoms in total. The van der Waals surface area contributed by atoms with Crippen LogP contribution < -0.4 is 11.1 Å². The highest BCUT2D eigenvalue weighted by atomic mass is 32.1. The summed E-state index contributed by atoms with van der Waals surface area (Å²) in [5, 5.41) is 6.75. The van der Waals surface area contributed by atoms with Gasteiger partial charge < -0.3 is 11.1 Å². The molecule has 1 rings (SSSR count). The number of nitrogens with zero attached hydrogens (tertiary/aromatic N) is 1. The van der Waals surface area contributed by atoms with Gasteiger partial charge in [0.05, 0.1) is 6.04 Å². The molecule has 0 spiro atoms. The normalized spacial score (nSPS) is 14.9. The van der Waals surface area contributed by atoms with Crippen LogP contribution in [0.3, 0.4) is 0 Å². The van der Waals surface area contributed by atoms with Crippen molar-refractivity contribution >= 4 is 11.3 Å². The lowest BCUT2D eigenvalue weighted by atomic mass is 10.1. The van der Waals surface area contributed by atoms with E-state index < -0.39 is 0 Å². The summed E-state index contributed by atoms with van der Waals surface area (Å²) < 4.78 is 0. The Morgan fingerprint density at radius 2 is 2.25 bits per heavy atom. The van der Waals surface area contributed by atoms with Gasteiger partial charge in [-0.05, 0) is 25.8 Å². The second-order valence-corrected chi connectivity index (χ2v) is 5.05. The Kier molecular flexibility index (Phi) is 6.61. The molecule has 0 fully saturated rings. The highest BCUT2D eigenvalue weighted by Crippen LogP contribution is 2.18. The first kappa shape index (κ1) is 13.6. The maximum atomic E-state index is 5.98. The van der Waals surface area contributed by atoms with E-state index in [-0.39, 0.29) is 0 Å². The molecule has 0 saturated heterocycles. The predicted octanol–water partition coefficient (Wildman–Crippen LogP) is 2.70. The molecule has 4 heteroatoms. The van der Waals surface area contributed by atoms with Gasteiger partial charge in [0.2, 0.25) is 0 Å². The molecule has 0 amide bonds. The Morgan fingerprint density at radius 3 is 2.81 bits per heavy atom. The van der Waals surface area contributed by atoms with Crippen LogP contribution in [0.2, 0.25) is 0 Å². The number of nitrogens with two attached hydrogens (primary N) is 1. The molecule has 16 heavy (non-hydrogen) atoms. The van der Waals surface area contributed by atoms with Crippen LogP contribution in [0.1, 0.15) is 50.6 Å². The third-order valence-electron chi connectivity index (χ3n) is 2.72. The summed E-state index contributed by atoms with van der Waals surface area (Å²) in [4.78, 5) is 4.35. The van der Waals surface area contributed by atoms with Crippen molar-refractivity contribution in [3.63, 3.8) is 0 Å². The minimum Gasteiger partial charge on any atom is -0.328 e. The quantitative estimate of drug-likeness (QED) is 0.736. The molecule has 0 aromatic carbocycles. The van der Waals surface area contributed by atoms with Crippen molar-refractivity contribution in [1.82, 2.24) is 10.3 Å². The van der Waals surface area contributed by atoms with Crippen molar-refractivity contribution in [2.24, 2.45) is 5.73 Å². The van der Waals surface area contributed by atoms with Gasteiger partial charge in [-0.2, -0.15) is 0 Å². The van der Waals surface area contributed by atoms with Gasteiger partial charge in [0, 0.05) is 17.6 Å². The maximum Gasteiger partial charge on any atom is 0.109 e. The lowest BCUT2D eigenvalue weighted by molar-refractivity contribution is 0.469. The molecule has 0 aliphatic carbocycles.